The first-order chi connectivity index (χ1) is 8.66. The Labute approximate surface area is 104 Å². The van der Waals surface area contributed by atoms with Crippen LogP contribution in [0.2, 0.25) is 0 Å². The number of hydrogen-bond acceptors (Lipinski definition) is 6. The zero-order chi connectivity index (χ0) is 13.0. The standard InChI is InChI=1S/C8H8N6O3S/c15-7(16)4-1-2-18-6(4)10-8(17)9-3-5-11-13-14-12-5/h1-2H,3H2,(H,15,16)(H2,9,10,17)(H,11,12,13,14). The topological polar surface area (TPSA) is 133 Å². The molecule has 0 bridgehead atoms. The van der Waals surface area contributed by atoms with Crippen LogP contribution in [0, 0.1) is 0 Å². The molecule has 18 heavy (non-hydrogen) atoms. The Hall–Kier alpha value is -2.49. The number of aromatic carboxylic acids is 1. The molecule has 0 saturated carbocycles. The van der Waals surface area contributed by atoms with Crippen molar-refractivity contribution in [3.63, 3.8) is 0 Å². The van der Waals surface area contributed by atoms with E-state index in [2.05, 4.69) is 31.3 Å². The number of carboxylic acid groups (broad SMARTS) is 1. The van der Waals surface area contributed by atoms with E-state index in [9.17, 15) is 9.59 Å². The highest BCUT2D eigenvalue weighted by Crippen LogP contribution is 2.22. The number of carbonyl (C=O) groups excluding carboxylic acids is 1. The number of amides is 2. The van der Waals surface area contributed by atoms with Crippen molar-refractivity contribution in [2.24, 2.45) is 0 Å². The van der Waals surface area contributed by atoms with Crippen LogP contribution in [-0.4, -0.2) is 37.7 Å². The van der Waals surface area contributed by atoms with Crippen LogP contribution in [0.5, 0.6) is 0 Å². The normalized spacial score (nSPS) is 10.0. The molecule has 0 aliphatic heterocycles. The first-order valence-corrected chi connectivity index (χ1v) is 5.62. The lowest BCUT2D eigenvalue weighted by Gasteiger charge is -2.04. The highest BCUT2D eigenvalue weighted by Gasteiger charge is 2.13. The molecule has 2 amide bonds. The van der Waals surface area contributed by atoms with Crippen LogP contribution in [0.4, 0.5) is 9.80 Å². The average Bonchev–Trinajstić information content (AvgIpc) is 2.96. The summed E-state index contributed by atoms with van der Waals surface area (Å²) in [6.45, 7) is 0.0934. The monoisotopic (exact) mass is 268 g/mol. The van der Waals surface area contributed by atoms with E-state index in [0.717, 1.165) is 11.3 Å². The maximum atomic E-state index is 11.5. The van der Waals surface area contributed by atoms with E-state index in [4.69, 9.17) is 5.11 Å². The Morgan fingerprint density at radius 1 is 1.50 bits per heavy atom. The quantitative estimate of drug-likeness (QED) is 0.629. The molecule has 2 heterocycles. The summed E-state index contributed by atoms with van der Waals surface area (Å²) in [6, 6.07) is 0.881. The molecule has 0 spiro atoms. The molecular formula is C8H8N6O3S. The second kappa shape index (κ2) is 5.23. The Morgan fingerprint density at radius 3 is 3.00 bits per heavy atom. The molecule has 94 valence electrons. The minimum atomic E-state index is -1.09. The molecule has 0 radical (unpaired) electrons. The fraction of sp³-hybridized carbons (Fsp3) is 0.125. The number of carboxylic acids is 1. The molecule has 2 aromatic rings. The summed E-state index contributed by atoms with van der Waals surface area (Å²) in [4.78, 5) is 22.3. The molecular weight excluding hydrogens is 260 g/mol. The third kappa shape index (κ3) is 2.79. The zero-order valence-corrected chi connectivity index (χ0v) is 9.69. The number of H-pyrrole nitrogens is 1. The first kappa shape index (κ1) is 12.0. The molecule has 0 aliphatic carbocycles. The Balaban J connectivity index is 1.91. The number of hydrogen-bond donors (Lipinski definition) is 4. The summed E-state index contributed by atoms with van der Waals surface area (Å²) in [6.07, 6.45) is 0. The lowest BCUT2D eigenvalue weighted by Crippen LogP contribution is -2.28. The van der Waals surface area contributed by atoms with Crippen molar-refractivity contribution in [3.05, 3.63) is 22.8 Å². The SMILES string of the molecule is O=C(NCc1nn[nH]n1)Nc1sccc1C(=O)O. The number of urea groups is 1. The predicted molar refractivity (Wildman–Crippen MR) is 61.3 cm³/mol. The Bertz CT molecular complexity index is 551. The summed E-state index contributed by atoms with van der Waals surface area (Å²) >= 11 is 1.13. The van der Waals surface area contributed by atoms with Gasteiger partial charge in [0.05, 0.1) is 12.1 Å². The molecule has 0 aliphatic rings. The number of carbonyl (C=O) groups is 2. The van der Waals surface area contributed by atoms with Gasteiger partial charge in [0.1, 0.15) is 5.00 Å². The molecule has 9 nitrogen and oxygen atoms in total. The van der Waals surface area contributed by atoms with Gasteiger partial charge in [0.2, 0.25) is 0 Å². The molecule has 2 aromatic heterocycles. The van der Waals surface area contributed by atoms with E-state index in [0.29, 0.717) is 5.82 Å². The number of nitrogens with one attached hydrogen (secondary N) is 3. The number of aromatic amines is 1. The van der Waals surface area contributed by atoms with Gasteiger partial charge in [0.25, 0.3) is 0 Å². The second-order valence-electron chi connectivity index (χ2n) is 3.10. The maximum absolute atomic E-state index is 11.5. The van der Waals surface area contributed by atoms with E-state index in [1.807, 2.05) is 0 Å². The van der Waals surface area contributed by atoms with Gasteiger partial charge in [-0.15, -0.1) is 21.5 Å². The van der Waals surface area contributed by atoms with Gasteiger partial charge in [0, 0.05) is 0 Å². The van der Waals surface area contributed by atoms with Crippen LogP contribution in [0.3, 0.4) is 0 Å². The van der Waals surface area contributed by atoms with E-state index in [1.54, 1.807) is 5.38 Å². The van der Waals surface area contributed by atoms with Crippen LogP contribution in [0.15, 0.2) is 11.4 Å². The summed E-state index contributed by atoms with van der Waals surface area (Å²) < 4.78 is 0. The summed E-state index contributed by atoms with van der Waals surface area (Å²) in [5.74, 6) is -0.764. The van der Waals surface area contributed by atoms with E-state index in [-0.39, 0.29) is 17.1 Å². The first-order valence-electron chi connectivity index (χ1n) is 4.75. The Kier molecular flexibility index (Phi) is 3.48. The Morgan fingerprint density at radius 2 is 2.33 bits per heavy atom. The second-order valence-corrected chi connectivity index (χ2v) is 4.02. The number of thiophene rings is 1. The van der Waals surface area contributed by atoms with Crippen molar-refractivity contribution in [2.75, 3.05) is 5.32 Å². The van der Waals surface area contributed by atoms with E-state index < -0.39 is 12.0 Å². The minimum Gasteiger partial charge on any atom is -0.478 e. The van der Waals surface area contributed by atoms with Crippen LogP contribution in [0.25, 0.3) is 0 Å². The van der Waals surface area contributed by atoms with Gasteiger partial charge in [-0.2, -0.15) is 5.21 Å². The summed E-state index contributed by atoms with van der Waals surface area (Å²) in [7, 11) is 0. The number of tetrazole rings is 1. The van der Waals surface area contributed by atoms with Crippen molar-refractivity contribution >= 4 is 28.3 Å². The van der Waals surface area contributed by atoms with Gasteiger partial charge in [-0.3, -0.25) is 5.32 Å². The van der Waals surface area contributed by atoms with Gasteiger partial charge in [-0.05, 0) is 11.4 Å². The molecule has 0 atom stereocenters. The van der Waals surface area contributed by atoms with Crippen molar-refractivity contribution in [2.45, 2.75) is 6.54 Å². The molecule has 0 saturated heterocycles. The predicted octanol–water partition coefficient (Wildman–Crippen LogP) is 0.281. The van der Waals surface area contributed by atoms with Crippen LogP contribution >= 0.6 is 11.3 Å². The fourth-order valence-electron chi connectivity index (χ4n) is 1.14. The van der Waals surface area contributed by atoms with Gasteiger partial charge in [-0.1, -0.05) is 5.21 Å². The molecule has 0 fully saturated rings. The summed E-state index contributed by atoms with van der Waals surface area (Å²) in [5, 5.41) is 28.5. The third-order valence-corrected chi connectivity index (χ3v) is 2.75. The molecule has 4 N–H and O–H groups in total. The minimum absolute atomic E-state index is 0.0507. The van der Waals surface area contributed by atoms with Crippen molar-refractivity contribution in [1.29, 1.82) is 0 Å². The van der Waals surface area contributed by atoms with Crippen LogP contribution in [-0.2, 0) is 6.54 Å². The van der Waals surface area contributed by atoms with Gasteiger partial charge in [-0.25, -0.2) is 9.59 Å². The highest BCUT2D eigenvalue weighted by atomic mass is 32.1. The van der Waals surface area contributed by atoms with Gasteiger partial charge >= 0.3 is 12.0 Å². The lowest BCUT2D eigenvalue weighted by atomic mass is 10.3. The average molecular weight is 268 g/mol. The molecule has 0 unspecified atom stereocenters. The number of aromatic nitrogens is 4. The number of nitrogens with zero attached hydrogens (tertiary/aromatic N) is 3. The highest BCUT2D eigenvalue weighted by molar-refractivity contribution is 7.14. The van der Waals surface area contributed by atoms with Crippen LogP contribution in [0.1, 0.15) is 16.2 Å². The van der Waals surface area contributed by atoms with Crippen molar-refractivity contribution < 1.29 is 14.7 Å². The third-order valence-electron chi connectivity index (χ3n) is 1.92. The van der Waals surface area contributed by atoms with Gasteiger partial charge in [0.15, 0.2) is 5.82 Å². The fourth-order valence-corrected chi connectivity index (χ4v) is 1.91. The van der Waals surface area contributed by atoms with Crippen molar-refractivity contribution in [1.82, 2.24) is 25.9 Å². The lowest BCUT2D eigenvalue weighted by molar-refractivity contribution is 0.0698. The smallest absolute Gasteiger partial charge is 0.338 e. The van der Waals surface area contributed by atoms with E-state index >= 15 is 0 Å². The van der Waals surface area contributed by atoms with Gasteiger partial charge < -0.3 is 10.4 Å². The summed E-state index contributed by atoms with van der Waals surface area (Å²) in [5.41, 5.74) is 0.0507. The number of anilines is 1. The molecule has 0 aromatic carbocycles. The zero-order valence-electron chi connectivity index (χ0n) is 8.88. The van der Waals surface area contributed by atoms with Crippen LogP contribution < -0.4 is 10.6 Å². The largest absolute Gasteiger partial charge is 0.478 e. The van der Waals surface area contributed by atoms with Crippen molar-refractivity contribution in [3.8, 4) is 0 Å². The number of rotatable bonds is 4. The molecule has 2 rings (SSSR count). The maximum Gasteiger partial charge on any atom is 0.338 e. The molecule has 10 heteroatoms. The van der Waals surface area contributed by atoms with E-state index in [1.165, 1.54) is 6.07 Å².